The first-order valence-electron chi connectivity index (χ1n) is 7.12. The minimum Gasteiger partial charge on any atom is -0.319 e. The van der Waals surface area contributed by atoms with Gasteiger partial charge in [-0.05, 0) is 55.8 Å². The number of carbonyl (C=O) groups excluding carboxylic acids is 1. The first-order valence-corrected chi connectivity index (χ1v) is 7.12. The molecule has 0 amide bonds. The Balaban J connectivity index is 2.22. The third-order valence-electron chi connectivity index (χ3n) is 3.62. The van der Waals surface area contributed by atoms with Crippen LogP contribution in [0, 0.1) is 12.7 Å². The summed E-state index contributed by atoms with van der Waals surface area (Å²) in [5.74, 6) is -0.262. The molecule has 0 aliphatic rings. The van der Waals surface area contributed by atoms with E-state index in [4.69, 9.17) is 0 Å². The van der Waals surface area contributed by atoms with Gasteiger partial charge in [-0.15, -0.1) is 0 Å². The first-order chi connectivity index (χ1) is 10.1. The molecule has 3 heteroatoms. The number of carbonyl (C=O) groups is 1. The van der Waals surface area contributed by atoms with Gasteiger partial charge < -0.3 is 5.32 Å². The van der Waals surface area contributed by atoms with Gasteiger partial charge in [0.05, 0.1) is 0 Å². The lowest BCUT2D eigenvalue weighted by atomic mass is 9.95. The number of Topliss-reactive ketones (excluding diaryl/α,β-unsaturated/α-hetero) is 1. The summed E-state index contributed by atoms with van der Waals surface area (Å²) in [6.07, 6.45) is 1.04. The fourth-order valence-corrected chi connectivity index (χ4v) is 2.37. The summed E-state index contributed by atoms with van der Waals surface area (Å²) in [7, 11) is 1.89. The van der Waals surface area contributed by atoms with Gasteiger partial charge >= 0.3 is 0 Å². The number of hydrogen-bond acceptors (Lipinski definition) is 2. The molecular weight excluding hydrogens is 265 g/mol. The number of benzene rings is 2. The zero-order valence-electron chi connectivity index (χ0n) is 12.4. The van der Waals surface area contributed by atoms with Gasteiger partial charge in [0.15, 0.2) is 5.78 Å². The summed E-state index contributed by atoms with van der Waals surface area (Å²) in [6.45, 7) is 2.72. The molecule has 0 aliphatic carbocycles. The van der Waals surface area contributed by atoms with Crippen LogP contribution in [0.2, 0.25) is 0 Å². The molecule has 0 bridgehead atoms. The zero-order chi connectivity index (χ0) is 15.2. The molecule has 2 aromatic rings. The number of halogens is 1. The smallest absolute Gasteiger partial charge is 0.167 e. The Labute approximate surface area is 125 Å². The fraction of sp³-hybridized carbons (Fsp3) is 0.278. The molecule has 2 rings (SSSR count). The van der Waals surface area contributed by atoms with Gasteiger partial charge in [-0.1, -0.05) is 30.3 Å². The van der Waals surface area contributed by atoms with Crippen molar-refractivity contribution < 1.29 is 9.18 Å². The molecule has 0 fully saturated rings. The number of likely N-dealkylation sites (N-methyl/N-ethyl adjacent to an activating group) is 1. The van der Waals surface area contributed by atoms with E-state index in [-0.39, 0.29) is 18.0 Å². The highest BCUT2D eigenvalue weighted by atomic mass is 19.1. The molecule has 0 saturated carbocycles. The van der Waals surface area contributed by atoms with E-state index in [0.717, 1.165) is 35.2 Å². The molecule has 2 nitrogen and oxygen atoms in total. The van der Waals surface area contributed by atoms with Crippen LogP contribution in [-0.4, -0.2) is 19.4 Å². The van der Waals surface area contributed by atoms with E-state index < -0.39 is 0 Å². The predicted molar refractivity (Wildman–Crippen MR) is 83.2 cm³/mol. The van der Waals surface area contributed by atoms with Crippen molar-refractivity contribution in [2.45, 2.75) is 19.8 Å². The van der Waals surface area contributed by atoms with Crippen LogP contribution in [-0.2, 0) is 12.8 Å². The highest BCUT2D eigenvalue weighted by Crippen LogP contribution is 2.16. The Morgan fingerprint density at radius 1 is 1.14 bits per heavy atom. The summed E-state index contributed by atoms with van der Waals surface area (Å²) < 4.78 is 13.3. The molecule has 21 heavy (non-hydrogen) atoms. The van der Waals surface area contributed by atoms with Crippen LogP contribution < -0.4 is 5.32 Å². The van der Waals surface area contributed by atoms with Crippen LogP contribution in [0.15, 0.2) is 42.5 Å². The minimum atomic E-state index is -0.299. The highest BCUT2D eigenvalue weighted by molar-refractivity contribution is 5.99. The summed E-state index contributed by atoms with van der Waals surface area (Å²) in [5.41, 5.74) is 3.46. The van der Waals surface area contributed by atoms with Crippen molar-refractivity contribution in [1.29, 1.82) is 0 Å². The van der Waals surface area contributed by atoms with Crippen molar-refractivity contribution in [2.24, 2.45) is 0 Å². The van der Waals surface area contributed by atoms with Crippen molar-refractivity contribution in [1.82, 2.24) is 5.32 Å². The number of aryl methyl sites for hydroxylation is 1. The Kier molecular flexibility index (Phi) is 5.23. The lowest BCUT2D eigenvalue weighted by Crippen LogP contribution is -2.14. The van der Waals surface area contributed by atoms with Gasteiger partial charge in [0.1, 0.15) is 5.82 Å². The molecule has 110 valence electrons. The van der Waals surface area contributed by atoms with E-state index in [1.807, 2.05) is 38.2 Å². The van der Waals surface area contributed by atoms with E-state index in [1.165, 1.54) is 12.1 Å². The van der Waals surface area contributed by atoms with Crippen molar-refractivity contribution in [3.05, 3.63) is 70.5 Å². The quantitative estimate of drug-likeness (QED) is 0.825. The largest absolute Gasteiger partial charge is 0.319 e. The predicted octanol–water partition coefficient (Wildman–Crippen LogP) is 3.32. The molecule has 0 radical (unpaired) electrons. The second-order valence-electron chi connectivity index (χ2n) is 5.18. The third kappa shape index (κ3) is 3.99. The van der Waals surface area contributed by atoms with Crippen LogP contribution in [0.1, 0.15) is 27.0 Å². The molecule has 2 aromatic carbocycles. The standard InChI is InChI=1S/C18H20FNO/c1-13-7-8-16(19)11-15(13)12-18(21)17-6-4-3-5-14(17)9-10-20-2/h3-8,11,20H,9-10,12H2,1-2H3. The van der Waals surface area contributed by atoms with E-state index in [2.05, 4.69) is 5.32 Å². The van der Waals surface area contributed by atoms with Crippen LogP contribution >= 0.6 is 0 Å². The average Bonchev–Trinajstić information content (AvgIpc) is 2.49. The van der Waals surface area contributed by atoms with Gasteiger partial charge in [0.25, 0.3) is 0 Å². The maximum Gasteiger partial charge on any atom is 0.167 e. The lowest BCUT2D eigenvalue weighted by molar-refractivity contribution is 0.0992. The molecule has 0 atom stereocenters. The number of hydrogen-bond donors (Lipinski definition) is 1. The normalized spacial score (nSPS) is 10.6. The molecule has 0 unspecified atom stereocenters. The van der Waals surface area contributed by atoms with E-state index in [1.54, 1.807) is 6.07 Å². The van der Waals surface area contributed by atoms with Crippen LogP contribution in [0.3, 0.4) is 0 Å². The summed E-state index contributed by atoms with van der Waals surface area (Å²) in [4.78, 5) is 12.5. The SMILES string of the molecule is CNCCc1ccccc1C(=O)Cc1cc(F)ccc1C. The molecular formula is C18H20FNO. The van der Waals surface area contributed by atoms with Crippen LogP contribution in [0.4, 0.5) is 4.39 Å². The van der Waals surface area contributed by atoms with Crippen molar-refractivity contribution in [3.8, 4) is 0 Å². The molecule has 0 aliphatic heterocycles. The fourth-order valence-electron chi connectivity index (χ4n) is 2.37. The van der Waals surface area contributed by atoms with Crippen LogP contribution in [0.5, 0.6) is 0 Å². The van der Waals surface area contributed by atoms with Crippen molar-refractivity contribution >= 4 is 5.78 Å². The summed E-state index contributed by atoms with van der Waals surface area (Å²) in [6, 6.07) is 12.2. The third-order valence-corrected chi connectivity index (χ3v) is 3.62. The van der Waals surface area contributed by atoms with E-state index in [0.29, 0.717) is 0 Å². The van der Waals surface area contributed by atoms with Gasteiger partial charge in [0.2, 0.25) is 0 Å². The zero-order valence-corrected chi connectivity index (χ0v) is 12.4. The second kappa shape index (κ2) is 7.14. The van der Waals surface area contributed by atoms with Gasteiger partial charge in [-0.25, -0.2) is 4.39 Å². The summed E-state index contributed by atoms with van der Waals surface area (Å²) >= 11 is 0. The van der Waals surface area contributed by atoms with E-state index in [9.17, 15) is 9.18 Å². The maximum atomic E-state index is 13.3. The molecule has 0 heterocycles. The molecule has 0 saturated heterocycles. The van der Waals surface area contributed by atoms with E-state index >= 15 is 0 Å². The lowest BCUT2D eigenvalue weighted by Gasteiger charge is -2.10. The first kappa shape index (κ1) is 15.4. The maximum absolute atomic E-state index is 13.3. The molecule has 0 spiro atoms. The highest BCUT2D eigenvalue weighted by Gasteiger charge is 2.13. The second-order valence-corrected chi connectivity index (χ2v) is 5.18. The number of rotatable bonds is 6. The number of nitrogens with one attached hydrogen (secondary N) is 1. The van der Waals surface area contributed by atoms with Gasteiger partial charge in [0, 0.05) is 12.0 Å². The average molecular weight is 285 g/mol. The van der Waals surface area contributed by atoms with Gasteiger partial charge in [-0.2, -0.15) is 0 Å². The molecule has 0 aromatic heterocycles. The van der Waals surface area contributed by atoms with Crippen molar-refractivity contribution in [3.63, 3.8) is 0 Å². The summed E-state index contributed by atoms with van der Waals surface area (Å²) in [5, 5.41) is 3.09. The monoisotopic (exact) mass is 285 g/mol. The Bertz CT molecular complexity index is 637. The van der Waals surface area contributed by atoms with Crippen LogP contribution in [0.25, 0.3) is 0 Å². The Hall–Kier alpha value is -2.00. The Morgan fingerprint density at radius 3 is 2.67 bits per heavy atom. The van der Waals surface area contributed by atoms with Gasteiger partial charge in [-0.3, -0.25) is 4.79 Å². The number of ketones is 1. The topological polar surface area (TPSA) is 29.1 Å². The Morgan fingerprint density at radius 2 is 1.90 bits per heavy atom. The molecule has 1 N–H and O–H groups in total. The van der Waals surface area contributed by atoms with Crippen molar-refractivity contribution in [2.75, 3.05) is 13.6 Å². The minimum absolute atomic E-state index is 0.0374.